The fraction of sp³-hybridized carbons (Fsp3) is 0.364. The van der Waals surface area contributed by atoms with E-state index in [1.54, 1.807) is 0 Å². The van der Waals surface area contributed by atoms with Crippen molar-refractivity contribution < 1.29 is 4.79 Å². The van der Waals surface area contributed by atoms with Gasteiger partial charge in [0.2, 0.25) is 5.91 Å². The Morgan fingerprint density at radius 3 is 2.92 bits per heavy atom. The van der Waals surface area contributed by atoms with Gasteiger partial charge in [-0.15, -0.1) is 0 Å². The van der Waals surface area contributed by atoms with Crippen LogP contribution in [0.25, 0.3) is 5.65 Å². The third-order valence-electron chi connectivity index (χ3n) is 5.93. The van der Waals surface area contributed by atoms with Crippen molar-refractivity contribution in [2.45, 2.75) is 45.6 Å². The van der Waals surface area contributed by atoms with E-state index in [4.69, 9.17) is 4.98 Å². The minimum atomic E-state index is 0.0392. The summed E-state index contributed by atoms with van der Waals surface area (Å²) in [4.78, 5) is 20.2. The first-order chi connectivity index (χ1) is 12.6. The number of anilines is 1. The standard InChI is InChI=1S/C22H23N3O/c1-14-9-10-24-20-13-17(7-8-18(20)23-21(24)11-14)22(26)25-15(2)12-16-5-3-4-6-19(16)25/h3-6,9-11,15,17H,7-8,12-13H2,1-2H3. The first kappa shape index (κ1) is 15.6. The van der Waals surface area contributed by atoms with Crippen molar-refractivity contribution in [3.63, 3.8) is 0 Å². The number of imidazole rings is 1. The third kappa shape index (κ3) is 2.28. The molecule has 2 atom stereocenters. The highest BCUT2D eigenvalue weighted by atomic mass is 16.2. The van der Waals surface area contributed by atoms with E-state index in [-0.39, 0.29) is 17.9 Å². The van der Waals surface area contributed by atoms with Crippen LogP contribution in [0.15, 0.2) is 42.6 Å². The van der Waals surface area contributed by atoms with Crippen LogP contribution in [-0.2, 0) is 24.1 Å². The van der Waals surface area contributed by atoms with E-state index in [0.717, 1.165) is 42.7 Å². The van der Waals surface area contributed by atoms with Crippen LogP contribution < -0.4 is 4.90 Å². The smallest absolute Gasteiger partial charge is 0.230 e. The highest BCUT2D eigenvalue weighted by molar-refractivity contribution is 5.98. The van der Waals surface area contributed by atoms with Gasteiger partial charge in [-0.3, -0.25) is 4.79 Å². The van der Waals surface area contributed by atoms with Gasteiger partial charge in [0.1, 0.15) is 5.65 Å². The quantitative estimate of drug-likeness (QED) is 0.674. The van der Waals surface area contributed by atoms with Crippen LogP contribution >= 0.6 is 0 Å². The van der Waals surface area contributed by atoms with Gasteiger partial charge in [0, 0.05) is 36.0 Å². The predicted molar refractivity (Wildman–Crippen MR) is 103 cm³/mol. The molecule has 4 heteroatoms. The second kappa shape index (κ2) is 5.70. The molecule has 0 radical (unpaired) electrons. The lowest BCUT2D eigenvalue weighted by molar-refractivity contribution is -0.123. The zero-order chi connectivity index (χ0) is 17.8. The molecule has 4 nitrogen and oxygen atoms in total. The van der Waals surface area contributed by atoms with E-state index in [1.165, 1.54) is 16.8 Å². The third-order valence-corrected chi connectivity index (χ3v) is 5.93. The van der Waals surface area contributed by atoms with Gasteiger partial charge >= 0.3 is 0 Å². The van der Waals surface area contributed by atoms with E-state index in [0.29, 0.717) is 0 Å². The average molecular weight is 345 g/mol. The van der Waals surface area contributed by atoms with Crippen molar-refractivity contribution >= 4 is 17.2 Å². The molecule has 0 saturated heterocycles. The number of para-hydroxylation sites is 1. The number of aryl methyl sites for hydroxylation is 2. The fourth-order valence-electron chi connectivity index (χ4n) is 4.62. The van der Waals surface area contributed by atoms with E-state index < -0.39 is 0 Å². The summed E-state index contributed by atoms with van der Waals surface area (Å²) < 4.78 is 2.17. The Hall–Kier alpha value is -2.62. The lowest BCUT2D eigenvalue weighted by Crippen LogP contribution is -2.41. The van der Waals surface area contributed by atoms with Crippen LogP contribution in [0.4, 0.5) is 5.69 Å². The summed E-state index contributed by atoms with van der Waals surface area (Å²) in [6.07, 6.45) is 5.60. The molecule has 0 saturated carbocycles. The van der Waals surface area contributed by atoms with Gasteiger partial charge in [-0.25, -0.2) is 4.98 Å². The lowest BCUT2D eigenvalue weighted by atomic mass is 9.88. The lowest BCUT2D eigenvalue weighted by Gasteiger charge is -2.29. The van der Waals surface area contributed by atoms with Crippen molar-refractivity contribution in [1.29, 1.82) is 0 Å². The molecule has 2 aliphatic rings. The number of carbonyl (C=O) groups is 1. The molecular weight excluding hydrogens is 322 g/mol. The second-order valence-electron chi connectivity index (χ2n) is 7.77. The second-order valence-corrected chi connectivity index (χ2v) is 7.77. The molecule has 3 aromatic rings. The number of amides is 1. The number of hydrogen-bond donors (Lipinski definition) is 0. The molecule has 1 amide bonds. The molecule has 0 fully saturated rings. The number of benzene rings is 1. The minimum absolute atomic E-state index is 0.0392. The molecule has 0 spiro atoms. The fourth-order valence-corrected chi connectivity index (χ4v) is 4.62. The first-order valence-corrected chi connectivity index (χ1v) is 9.49. The largest absolute Gasteiger partial charge is 0.309 e. The molecule has 2 aromatic heterocycles. The van der Waals surface area contributed by atoms with Crippen molar-refractivity contribution in [3.05, 3.63) is 65.1 Å². The summed E-state index contributed by atoms with van der Waals surface area (Å²) in [6.45, 7) is 4.25. The van der Waals surface area contributed by atoms with Crippen LogP contribution in [0.5, 0.6) is 0 Å². The number of rotatable bonds is 1. The zero-order valence-electron chi connectivity index (χ0n) is 15.3. The molecule has 1 aliphatic heterocycles. The molecule has 3 heterocycles. The van der Waals surface area contributed by atoms with Gasteiger partial charge in [-0.05, 0) is 62.4 Å². The monoisotopic (exact) mass is 345 g/mol. The highest BCUT2D eigenvalue weighted by Gasteiger charge is 2.36. The maximum absolute atomic E-state index is 13.4. The Morgan fingerprint density at radius 2 is 2.04 bits per heavy atom. The molecule has 5 rings (SSSR count). The van der Waals surface area contributed by atoms with Crippen LogP contribution in [0.3, 0.4) is 0 Å². The maximum Gasteiger partial charge on any atom is 0.230 e. The van der Waals surface area contributed by atoms with Crippen LogP contribution in [0.1, 0.15) is 35.9 Å². The summed E-state index contributed by atoms with van der Waals surface area (Å²) in [5.74, 6) is 0.312. The Bertz CT molecular complexity index is 1020. The Morgan fingerprint density at radius 1 is 1.19 bits per heavy atom. The topological polar surface area (TPSA) is 37.6 Å². The molecule has 1 aromatic carbocycles. The highest BCUT2D eigenvalue weighted by Crippen LogP contribution is 2.35. The van der Waals surface area contributed by atoms with Crippen LogP contribution in [0, 0.1) is 12.8 Å². The number of carbonyl (C=O) groups excluding carboxylic acids is 1. The minimum Gasteiger partial charge on any atom is -0.309 e. The van der Waals surface area contributed by atoms with Crippen molar-refractivity contribution in [1.82, 2.24) is 9.38 Å². The number of pyridine rings is 1. The van der Waals surface area contributed by atoms with Gasteiger partial charge in [0.05, 0.1) is 5.69 Å². The van der Waals surface area contributed by atoms with Crippen LogP contribution in [-0.4, -0.2) is 21.3 Å². The van der Waals surface area contributed by atoms with Crippen molar-refractivity contribution in [3.8, 4) is 0 Å². The number of nitrogens with zero attached hydrogens (tertiary/aromatic N) is 3. The SMILES string of the molecule is Cc1ccn2c3c(nc2c1)CCC(C(=O)N1c2ccccc2CC1C)C3. The van der Waals surface area contributed by atoms with Crippen molar-refractivity contribution in [2.24, 2.45) is 5.92 Å². The summed E-state index contributed by atoms with van der Waals surface area (Å²) in [5.41, 5.74) is 6.98. The van der Waals surface area contributed by atoms with Crippen LogP contribution in [0.2, 0.25) is 0 Å². The first-order valence-electron chi connectivity index (χ1n) is 9.49. The number of aromatic nitrogens is 2. The summed E-state index contributed by atoms with van der Waals surface area (Å²) in [7, 11) is 0. The summed E-state index contributed by atoms with van der Waals surface area (Å²) in [6, 6.07) is 12.8. The number of fused-ring (bicyclic) bond motifs is 4. The van der Waals surface area contributed by atoms with Gasteiger partial charge in [-0.2, -0.15) is 0 Å². The maximum atomic E-state index is 13.4. The van der Waals surface area contributed by atoms with E-state index >= 15 is 0 Å². The van der Waals surface area contributed by atoms with Gasteiger partial charge in [0.15, 0.2) is 0 Å². The predicted octanol–water partition coefficient (Wildman–Crippen LogP) is 3.73. The summed E-state index contributed by atoms with van der Waals surface area (Å²) >= 11 is 0. The molecule has 2 unspecified atom stereocenters. The Kier molecular flexibility index (Phi) is 3.42. The normalized spacial score (nSPS) is 21.7. The average Bonchev–Trinajstić information content (AvgIpc) is 3.16. The van der Waals surface area contributed by atoms with Gasteiger partial charge in [0.25, 0.3) is 0 Å². The number of hydrogen-bond acceptors (Lipinski definition) is 2. The van der Waals surface area contributed by atoms with Gasteiger partial charge in [-0.1, -0.05) is 18.2 Å². The van der Waals surface area contributed by atoms with Crippen molar-refractivity contribution in [2.75, 3.05) is 4.90 Å². The summed E-state index contributed by atoms with van der Waals surface area (Å²) in [5, 5.41) is 0. The molecule has 132 valence electrons. The molecule has 0 N–H and O–H groups in total. The van der Waals surface area contributed by atoms with Gasteiger partial charge < -0.3 is 9.30 Å². The van der Waals surface area contributed by atoms with E-state index in [1.807, 2.05) is 11.0 Å². The Labute approximate surface area is 153 Å². The molecule has 0 bridgehead atoms. The zero-order valence-corrected chi connectivity index (χ0v) is 15.3. The molecular formula is C22H23N3O. The molecule has 1 aliphatic carbocycles. The molecule has 26 heavy (non-hydrogen) atoms. The van der Waals surface area contributed by atoms with E-state index in [9.17, 15) is 4.79 Å². The Balaban J connectivity index is 1.48. The van der Waals surface area contributed by atoms with E-state index in [2.05, 4.69) is 54.8 Å².